The van der Waals surface area contributed by atoms with E-state index in [2.05, 4.69) is 20.6 Å². The third kappa shape index (κ3) is 5.45. The van der Waals surface area contributed by atoms with Gasteiger partial charge in [-0.1, -0.05) is 23.7 Å². The Hall–Kier alpha value is -2.09. The van der Waals surface area contributed by atoms with Crippen molar-refractivity contribution in [2.24, 2.45) is 0 Å². The van der Waals surface area contributed by atoms with E-state index in [0.717, 1.165) is 44.1 Å². The Labute approximate surface area is 158 Å². The molecule has 0 spiro atoms. The summed E-state index contributed by atoms with van der Waals surface area (Å²) in [5.74, 6) is 0.668. The summed E-state index contributed by atoms with van der Waals surface area (Å²) in [5, 5.41) is 10.9. The summed E-state index contributed by atoms with van der Waals surface area (Å²) in [7, 11) is 0. The summed E-state index contributed by atoms with van der Waals surface area (Å²) in [5.41, 5.74) is 1.91. The molecule has 1 aromatic carbocycles. The lowest BCUT2D eigenvalue weighted by atomic mass is 10.2. The molecule has 2 heterocycles. The van der Waals surface area contributed by atoms with Crippen molar-refractivity contribution >= 4 is 23.4 Å². The molecule has 0 atom stereocenters. The SMILES string of the molecule is Cc1cc(NC(=O)NCCN2CCOCC2)n(Cc2ccc(Cl)cc2)n1. The van der Waals surface area contributed by atoms with Crippen LogP contribution in [0, 0.1) is 6.92 Å². The number of ether oxygens (including phenoxy) is 1. The highest BCUT2D eigenvalue weighted by Crippen LogP contribution is 2.15. The zero-order valence-corrected chi connectivity index (χ0v) is 15.6. The molecule has 3 rings (SSSR count). The number of hydrogen-bond acceptors (Lipinski definition) is 4. The van der Waals surface area contributed by atoms with Crippen molar-refractivity contribution in [1.82, 2.24) is 20.0 Å². The van der Waals surface area contributed by atoms with E-state index >= 15 is 0 Å². The molecule has 8 heteroatoms. The number of nitrogens with zero attached hydrogens (tertiary/aromatic N) is 3. The lowest BCUT2D eigenvalue weighted by molar-refractivity contribution is 0.0388. The Morgan fingerprint density at radius 3 is 2.73 bits per heavy atom. The molecule has 1 fully saturated rings. The maximum atomic E-state index is 12.2. The number of morpholine rings is 1. The predicted octanol–water partition coefficient (Wildman–Crippen LogP) is 2.35. The number of urea groups is 1. The van der Waals surface area contributed by atoms with Crippen LogP contribution in [0.15, 0.2) is 30.3 Å². The largest absolute Gasteiger partial charge is 0.379 e. The van der Waals surface area contributed by atoms with Crippen molar-refractivity contribution in [3.05, 3.63) is 46.6 Å². The number of carbonyl (C=O) groups excluding carboxylic acids is 1. The van der Waals surface area contributed by atoms with E-state index < -0.39 is 0 Å². The van der Waals surface area contributed by atoms with Gasteiger partial charge in [0.25, 0.3) is 0 Å². The van der Waals surface area contributed by atoms with Gasteiger partial charge in [0.2, 0.25) is 0 Å². The van der Waals surface area contributed by atoms with Crippen molar-refractivity contribution in [1.29, 1.82) is 0 Å². The number of nitrogens with one attached hydrogen (secondary N) is 2. The molecule has 7 nitrogen and oxygen atoms in total. The van der Waals surface area contributed by atoms with Crippen LogP contribution in [0.2, 0.25) is 5.02 Å². The number of anilines is 1. The van der Waals surface area contributed by atoms with E-state index in [1.54, 1.807) is 4.68 Å². The normalized spacial score (nSPS) is 15.0. The van der Waals surface area contributed by atoms with E-state index in [9.17, 15) is 4.79 Å². The van der Waals surface area contributed by atoms with Crippen LogP contribution < -0.4 is 10.6 Å². The van der Waals surface area contributed by atoms with Crippen molar-refractivity contribution in [2.45, 2.75) is 13.5 Å². The molecular formula is C18H24ClN5O2. The number of halogens is 1. The van der Waals surface area contributed by atoms with E-state index in [1.165, 1.54) is 0 Å². The fraction of sp³-hybridized carbons (Fsp3) is 0.444. The van der Waals surface area contributed by atoms with Gasteiger partial charge in [-0.2, -0.15) is 5.10 Å². The van der Waals surface area contributed by atoms with Gasteiger partial charge in [0.15, 0.2) is 0 Å². The highest BCUT2D eigenvalue weighted by molar-refractivity contribution is 6.30. The molecule has 0 aliphatic carbocycles. The lowest BCUT2D eigenvalue weighted by Crippen LogP contribution is -2.42. The molecule has 1 aromatic heterocycles. The quantitative estimate of drug-likeness (QED) is 0.810. The van der Waals surface area contributed by atoms with Crippen LogP contribution in [0.4, 0.5) is 10.6 Å². The van der Waals surface area contributed by atoms with Crippen LogP contribution in [0.1, 0.15) is 11.3 Å². The molecule has 0 bridgehead atoms. The smallest absolute Gasteiger partial charge is 0.320 e. The molecular weight excluding hydrogens is 354 g/mol. The van der Waals surface area contributed by atoms with Crippen LogP contribution in [-0.2, 0) is 11.3 Å². The zero-order valence-electron chi connectivity index (χ0n) is 14.9. The number of aromatic nitrogens is 2. The first-order chi connectivity index (χ1) is 12.6. The molecule has 0 radical (unpaired) electrons. The summed E-state index contributed by atoms with van der Waals surface area (Å²) in [6.07, 6.45) is 0. The molecule has 1 saturated heterocycles. The number of carbonyl (C=O) groups is 1. The van der Waals surface area contributed by atoms with Crippen LogP contribution in [0.3, 0.4) is 0 Å². The number of rotatable bonds is 6. The van der Waals surface area contributed by atoms with Gasteiger partial charge in [-0.25, -0.2) is 9.48 Å². The topological polar surface area (TPSA) is 71.4 Å². The van der Waals surface area contributed by atoms with Crippen molar-refractivity contribution in [2.75, 3.05) is 44.7 Å². The second-order valence-electron chi connectivity index (χ2n) is 6.29. The second-order valence-corrected chi connectivity index (χ2v) is 6.73. The van der Waals surface area contributed by atoms with Crippen molar-refractivity contribution in [3.63, 3.8) is 0 Å². The molecule has 0 unspecified atom stereocenters. The summed E-state index contributed by atoms with van der Waals surface area (Å²) in [6.45, 7) is 7.22. The standard InChI is InChI=1S/C18H24ClN5O2/c1-14-12-17(24(22-14)13-15-2-4-16(19)5-3-15)21-18(25)20-6-7-23-8-10-26-11-9-23/h2-5,12H,6-11,13H2,1H3,(H2,20,21,25). The lowest BCUT2D eigenvalue weighted by Gasteiger charge is -2.26. The Balaban J connectivity index is 1.52. The summed E-state index contributed by atoms with van der Waals surface area (Å²) >= 11 is 5.93. The van der Waals surface area contributed by atoms with Crippen LogP contribution in [0.5, 0.6) is 0 Å². The molecule has 0 saturated carbocycles. The molecule has 2 amide bonds. The Morgan fingerprint density at radius 2 is 2.00 bits per heavy atom. The fourth-order valence-corrected chi connectivity index (χ4v) is 2.97. The van der Waals surface area contributed by atoms with Gasteiger partial charge in [-0.05, 0) is 24.6 Å². The van der Waals surface area contributed by atoms with Crippen LogP contribution >= 0.6 is 11.6 Å². The zero-order chi connectivity index (χ0) is 18.4. The number of aryl methyl sites for hydroxylation is 1. The average molecular weight is 378 g/mol. The molecule has 2 N–H and O–H groups in total. The molecule has 2 aromatic rings. The highest BCUT2D eigenvalue weighted by atomic mass is 35.5. The molecule has 1 aliphatic rings. The van der Waals surface area contributed by atoms with Gasteiger partial charge in [0, 0.05) is 37.3 Å². The highest BCUT2D eigenvalue weighted by Gasteiger charge is 2.12. The van der Waals surface area contributed by atoms with Gasteiger partial charge >= 0.3 is 6.03 Å². The third-order valence-electron chi connectivity index (χ3n) is 4.21. The minimum atomic E-state index is -0.226. The monoisotopic (exact) mass is 377 g/mol. The van der Waals surface area contributed by atoms with E-state index in [1.807, 2.05) is 37.3 Å². The summed E-state index contributed by atoms with van der Waals surface area (Å²) in [4.78, 5) is 14.5. The number of hydrogen-bond donors (Lipinski definition) is 2. The first-order valence-corrected chi connectivity index (χ1v) is 9.12. The minimum Gasteiger partial charge on any atom is -0.379 e. The first-order valence-electron chi connectivity index (χ1n) is 8.74. The summed E-state index contributed by atoms with van der Waals surface area (Å²) < 4.78 is 7.10. The Bertz CT molecular complexity index is 726. The number of amides is 2. The van der Waals surface area contributed by atoms with Crippen LogP contribution in [0.25, 0.3) is 0 Å². The van der Waals surface area contributed by atoms with E-state index in [-0.39, 0.29) is 6.03 Å². The summed E-state index contributed by atoms with van der Waals surface area (Å²) in [6, 6.07) is 9.22. The first kappa shape index (κ1) is 18.7. The van der Waals surface area contributed by atoms with Gasteiger partial charge < -0.3 is 10.1 Å². The van der Waals surface area contributed by atoms with Gasteiger partial charge in [-0.3, -0.25) is 10.2 Å². The van der Waals surface area contributed by atoms with Gasteiger partial charge in [0.1, 0.15) is 5.82 Å². The fourth-order valence-electron chi connectivity index (χ4n) is 2.84. The molecule has 140 valence electrons. The van der Waals surface area contributed by atoms with E-state index in [4.69, 9.17) is 16.3 Å². The Morgan fingerprint density at radius 1 is 1.27 bits per heavy atom. The Kier molecular flexibility index (Phi) is 6.49. The van der Waals surface area contributed by atoms with Gasteiger partial charge in [0.05, 0.1) is 25.5 Å². The number of benzene rings is 1. The van der Waals surface area contributed by atoms with Crippen molar-refractivity contribution < 1.29 is 9.53 Å². The van der Waals surface area contributed by atoms with E-state index in [0.29, 0.717) is 23.9 Å². The molecule has 1 aliphatic heterocycles. The van der Waals surface area contributed by atoms with Crippen LogP contribution in [-0.4, -0.2) is 60.1 Å². The minimum absolute atomic E-state index is 0.226. The maximum Gasteiger partial charge on any atom is 0.320 e. The third-order valence-corrected chi connectivity index (χ3v) is 4.46. The van der Waals surface area contributed by atoms with Gasteiger partial charge in [-0.15, -0.1) is 0 Å². The van der Waals surface area contributed by atoms with Crippen molar-refractivity contribution in [3.8, 4) is 0 Å². The predicted molar refractivity (Wildman–Crippen MR) is 102 cm³/mol. The maximum absolute atomic E-state index is 12.2. The molecule has 26 heavy (non-hydrogen) atoms. The average Bonchev–Trinajstić information content (AvgIpc) is 2.97. The second kappa shape index (κ2) is 9.02.